The van der Waals surface area contributed by atoms with Gasteiger partial charge in [0.25, 0.3) is 0 Å². The minimum absolute atomic E-state index is 0.476. The van der Waals surface area contributed by atoms with Crippen molar-refractivity contribution in [1.29, 1.82) is 0 Å². The lowest BCUT2D eigenvalue weighted by molar-refractivity contribution is -0.171. The zero-order valence-electron chi connectivity index (χ0n) is 7.49. The summed E-state index contributed by atoms with van der Waals surface area (Å²) in [6, 6.07) is 0. The van der Waals surface area contributed by atoms with Gasteiger partial charge in [-0.3, -0.25) is 4.79 Å². The predicted octanol–water partition coefficient (Wildman–Crippen LogP) is -1.62. The highest BCUT2D eigenvalue weighted by molar-refractivity contribution is 5.83. The Hall–Kier alpha value is -1.67. The van der Waals surface area contributed by atoms with E-state index in [0.29, 0.717) is 0 Å². The van der Waals surface area contributed by atoms with Crippen LogP contribution in [0.4, 0.5) is 0 Å². The summed E-state index contributed by atoms with van der Waals surface area (Å²) in [5, 5.41) is 33.8. The SMILES string of the molecule is O=C(O)CCOC(C(=O)O)C(O)C(=O)O. The molecule has 0 spiro atoms. The van der Waals surface area contributed by atoms with Gasteiger partial charge in [-0.25, -0.2) is 9.59 Å². The number of carboxylic acids is 3. The van der Waals surface area contributed by atoms with Gasteiger partial charge in [0.2, 0.25) is 0 Å². The predicted molar refractivity (Wildman–Crippen MR) is 43.3 cm³/mol. The highest BCUT2D eigenvalue weighted by Gasteiger charge is 2.32. The molecule has 0 saturated heterocycles. The highest BCUT2D eigenvalue weighted by Crippen LogP contribution is 2.01. The summed E-state index contributed by atoms with van der Waals surface area (Å²) in [4.78, 5) is 30.7. The van der Waals surface area contributed by atoms with Gasteiger partial charge in [-0.1, -0.05) is 0 Å². The molecule has 0 fully saturated rings. The Morgan fingerprint density at radius 3 is 1.93 bits per heavy atom. The van der Waals surface area contributed by atoms with E-state index < -0.39 is 43.1 Å². The number of aliphatic hydroxyl groups is 1. The molecule has 2 unspecified atom stereocenters. The Kier molecular flexibility index (Phi) is 5.27. The molecule has 4 N–H and O–H groups in total. The van der Waals surface area contributed by atoms with Crippen LogP contribution in [0.1, 0.15) is 6.42 Å². The van der Waals surface area contributed by atoms with E-state index in [1.165, 1.54) is 0 Å². The van der Waals surface area contributed by atoms with Crippen LogP contribution in [0.25, 0.3) is 0 Å². The van der Waals surface area contributed by atoms with Crippen molar-refractivity contribution in [3.8, 4) is 0 Å². The first-order valence-electron chi connectivity index (χ1n) is 3.83. The van der Waals surface area contributed by atoms with Crippen molar-refractivity contribution in [2.75, 3.05) is 6.61 Å². The van der Waals surface area contributed by atoms with Crippen LogP contribution in [0.15, 0.2) is 0 Å². The van der Waals surface area contributed by atoms with Crippen molar-refractivity contribution in [2.24, 2.45) is 0 Å². The molecule has 15 heavy (non-hydrogen) atoms. The lowest BCUT2D eigenvalue weighted by Gasteiger charge is -2.15. The number of carbonyl (C=O) groups is 3. The number of rotatable bonds is 7. The van der Waals surface area contributed by atoms with E-state index in [4.69, 9.17) is 20.4 Å². The molecule has 0 aliphatic rings. The van der Waals surface area contributed by atoms with Crippen LogP contribution in [0.5, 0.6) is 0 Å². The summed E-state index contributed by atoms with van der Waals surface area (Å²) in [7, 11) is 0. The van der Waals surface area contributed by atoms with Crippen LogP contribution >= 0.6 is 0 Å². The van der Waals surface area contributed by atoms with E-state index in [0.717, 1.165) is 0 Å². The van der Waals surface area contributed by atoms with Crippen molar-refractivity contribution in [3.05, 3.63) is 0 Å². The van der Waals surface area contributed by atoms with Crippen LogP contribution in [-0.4, -0.2) is 57.1 Å². The molecule has 86 valence electrons. The molecule has 0 aromatic heterocycles. The molecule has 8 nitrogen and oxygen atoms in total. The number of aliphatic carboxylic acids is 3. The molecule has 8 heteroatoms. The monoisotopic (exact) mass is 222 g/mol. The molecule has 0 aromatic carbocycles. The average Bonchev–Trinajstić information content (AvgIpc) is 2.10. The van der Waals surface area contributed by atoms with Crippen LogP contribution in [-0.2, 0) is 19.1 Å². The van der Waals surface area contributed by atoms with Gasteiger partial charge in [0, 0.05) is 0 Å². The maximum atomic E-state index is 10.4. The van der Waals surface area contributed by atoms with Gasteiger partial charge in [0.15, 0.2) is 12.2 Å². The molecule has 0 heterocycles. The normalized spacial score (nSPS) is 14.2. The van der Waals surface area contributed by atoms with Gasteiger partial charge < -0.3 is 25.2 Å². The Bertz CT molecular complexity index is 260. The Balaban J connectivity index is 4.23. The first-order valence-corrected chi connectivity index (χ1v) is 3.83. The summed E-state index contributed by atoms with van der Waals surface area (Å²) >= 11 is 0. The maximum absolute atomic E-state index is 10.4. The van der Waals surface area contributed by atoms with Crippen molar-refractivity contribution in [2.45, 2.75) is 18.6 Å². The van der Waals surface area contributed by atoms with Gasteiger partial charge in [-0.05, 0) is 0 Å². The molecule has 0 amide bonds. The van der Waals surface area contributed by atoms with Crippen molar-refractivity contribution < 1.29 is 39.5 Å². The van der Waals surface area contributed by atoms with Crippen LogP contribution in [0.3, 0.4) is 0 Å². The molecule has 0 saturated carbocycles. The van der Waals surface area contributed by atoms with E-state index in [1.54, 1.807) is 0 Å². The van der Waals surface area contributed by atoms with Gasteiger partial charge in [0.1, 0.15) is 0 Å². The summed E-state index contributed by atoms with van der Waals surface area (Å²) in [5.74, 6) is -4.64. The molecule has 0 radical (unpaired) electrons. The van der Waals surface area contributed by atoms with Crippen LogP contribution < -0.4 is 0 Å². The minimum Gasteiger partial charge on any atom is -0.481 e. The van der Waals surface area contributed by atoms with E-state index in [9.17, 15) is 14.4 Å². The van der Waals surface area contributed by atoms with Gasteiger partial charge in [-0.15, -0.1) is 0 Å². The van der Waals surface area contributed by atoms with Crippen LogP contribution in [0, 0.1) is 0 Å². The third-order valence-electron chi connectivity index (χ3n) is 1.40. The Labute approximate surface area is 83.7 Å². The second-order valence-corrected chi connectivity index (χ2v) is 2.56. The number of hydrogen-bond donors (Lipinski definition) is 4. The number of aliphatic hydroxyl groups excluding tert-OH is 1. The molecular formula is C7H10O8. The number of hydrogen-bond acceptors (Lipinski definition) is 5. The van der Waals surface area contributed by atoms with Gasteiger partial charge >= 0.3 is 17.9 Å². The molecular weight excluding hydrogens is 212 g/mol. The lowest BCUT2D eigenvalue weighted by atomic mass is 10.2. The summed E-state index contributed by atoms with van der Waals surface area (Å²) < 4.78 is 4.43. The summed E-state index contributed by atoms with van der Waals surface area (Å²) in [5.41, 5.74) is 0. The fourth-order valence-electron chi connectivity index (χ4n) is 0.700. The third-order valence-corrected chi connectivity index (χ3v) is 1.40. The maximum Gasteiger partial charge on any atom is 0.336 e. The second kappa shape index (κ2) is 5.94. The topological polar surface area (TPSA) is 141 Å². The fraction of sp³-hybridized carbons (Fsp3) is 0.571. The zero-order valence-corrected chi connectivity index (χ0v) is 7.49. The van der Waals surface area contributed by atoms with Crippen molar-refractivity contribution in [3.63, 3.8) is 0 Å². The van der Waals surface area contributed by atoms with E-state index in [1.807, 2.05) is 0 Å². The molecule has 2 atom stereocenters. The molecule has 0 rings (SSSR count). The quantitative estimate of drug-likeness (QED) is 0.402. The smallest absolute Gasteiger partial charge is 0.336 e. The summed E-state index contributed by atoms with van der Waals surface area (Å²) in [6.07, 6.45) is -4.67. The minimum atomic E-state index is -2.23. The molecule has 0 aromatic rings. The van der Waals surface area contributed by atoms with Gasteiger partial charge in [-0.2, -0.15) is 0 Å². The number of ether oxygens (including phenoxy) is 1. The summed E-state index contributed by atoms with van der Waals surface area (Å²) in [6.45, 7) is -0.489. The van der Waals surface area contributed by atoms with Crippen molar-refractivity contribution in [1.82, 2.24) is 0 Å². The molecule has 0 aliphatic carbocycles. The zero-order chi connectivity index (χ0) is 12.0. The van der Waals surface area contributed by atoms with Crippen molar-refractivity contribution >= 4 is 17.9 Å². The molecule has 0 aliphatic heterocycles. The molecule has 0 bridgehead atoms. The highest BCUT2D eigenvalue weighted by atomic mass is 16.5. The Morgan fingerprint density at radius 2 is 1.60 bits per heavy atom. The second-order valence-electron chi connectivity index (χ2n) is 2.56. The first kappa shape index (κ1) is 13.3. The number of carboxylic acid groups (broad SMARTS) is 3. The largest absolute Gasteiger partial charge is 0.481 e. The van der Waals surface area contributed by atoms with Gasteiger partial charge in [0.05, 0.1) is 13.0 Å². The average molecular weight is 222 g/mol. The Morgan fingerprint density at radius 1 is 1.07 bits per heavy atom. The standard InChI is InChI=1S/C7H10O8/c8-3(9)1-2-15-5(7(13)14)4(10)6(11)12/h4-5,10H,1-2H2,(H,8,9)(H,11,12)(H,13,14). The van der Waals surface area contributed by atoms with E-state index >= 15 is 0 Å². The fourth-order valence-corrected chi connectivity index (χ4v) is 0.700. The van der Waals surface area contributed by atoms with Crippen LogP contribution in [0.2, 0.25) is 0 Å². The van der Waals surface area contributed by atoms with E-state index in [-0.39, 0.29) is 0 Å². The third kappa shape index (κ3) is 4.93. The lowest BCUT2D eigenvalue weighted by Crippen LogP contribution is -2.42. The van der Waals surface area contributed by atoms with E-state index in [2.05, 4.69) is 4.74 Å². The first-order chi connectivity index (χ1) is 6.86.